The Labute approximate surface area is 165 Å². The van der Waals surface area contributed by atoms with Crippen LogP contribution >= 0.6 is 15.9 Å². The first-order chi connectivity index (χ1) is 13.0. The lowest BCUT2D eigenvalue weighted by Gasteiger charge is -2.11. The number of hydrogen-bond acceptors (Lipinski definition) is 3. The highest BCUT2D eigenvalue weighted by Gasteiger charge is 2.17. The quantitative estimate of drug-likeness (QED) is 0.459. The monoisotopic (exact) mass is 432 g/mol. The molecule has 0 saturated carbocycles. The standard InChI is InChI=1S/C20H22BrFN4O/c21-18-16-10-13(12-3-6-14(22)7-4-12)5-8-17(16)26-19(18)20(27)25-11-15(24)2-1-9-23/h3-8,10,15,26H,1-2,9,11,23-24H2,(H,25,27). The molecule has 1 aromatic heterocycles. The summed E-state index contributed by atoms with van der Waals surface area (Å²) in [5.41, 5.74) is 14.6. The van der Waals surface area contributed by atoms with Gasteiger partial charge >= 0.3 is 0 Å². The highest BCUT2D eigenvalue weighted by molar-refractivity contribution is 9.10. The van der Waals surface area contributed by atoms with E-state index in [4.69, 9.17) is 11.5 Å². The van der Waals surface area contributed by atoms with Crippen molar-refractivity contribution in [1.29, 1.82) is 0 Å². The Morgan fingerprint density at radius 2 is 1.89 bits per heavy atom. The van der Waals surface area contributed by atoms with Gasteiger partial charge in [-0.25, -0.2) is 4.39 Å². The molecule has 3 aromatic rings. The fourth-order valence-corrected chi connectivity index (χ4v) is 3.54. The van der Waals surface area contributed by atoms with Gasteiger partial charge in [0.25, 0.3) is 5.91 Å². The number of halogens is 2. The van der Waals surface area contributed by atoms with Gasteiger partial charge in [0.15, 0.2) is 0 Å². The predicted molar refractivity (Wildman–Crippen MR) is 110 cm³/mol. The minimum Gasteiger partial charge on any atom is -0.350 e. The maximum Gasteiger partial charge on any atom is 0.268 e. The normalized spacial score (nSPS) is 12.3. The molecular formula is C20H22BrFN4O. The smallest absolute Gasteiger partial charge is 0.268 e. The fourth-order valence-electron chi connectivity index (χ4n) is 2.93. The summed E-state index contributed by atoms with van der Waals surface area (Å²) in [6.07, 6.45) is 1.60. The molecular weight excluding hydrogens is 411 g/mol. The van der Waals surface area contributed by atoms with Gasteiger partial charge in [-0.1, -0.05) is 18.2 Å². The number of rotatable bonds is 7. The van der Waals surface area contributed by atoms with Crippen molar-refractivity contribution in [2.45, 2.75) is 18.9 Å². The van der Waals surface area contributed by atoms with Crippen molar-refractivity contribution in [1.82, 2.24) is 10.3 Å². The Bertz CT molecular complexity index is 939. The summed E-state index contributed by atoms with van der Waals surface area (Å²) in [6.45, 7) is 0.979. The Morgan fingerprint density at radius 1 is 1.19 bits per heavy atom. The van der Waals surface area contributed by atoms with E-state index < -0.39 is 0 Å². The van der Waals surface area contributed by atoms with Crippen LogP contribution in [0, 0.1) is 5.82 Å². The summed E-state index contributed by atoms with van der Waals surface area (Å²) in [5, 5.41) is 3.74. The van der Waals surface area contributed by atoms with Crippen LogP contribution in [0.15, 0.2) is 46.9 Å². The van der Waals surface area contributed by atoms with Gasteiger partial charge in [-0.3, -0.25) is 4.79 Å². The van der Waals surface area contributed by atoms with Crippen LogP contribution in [0.2, 0.25) is 0 Å². The molecule has 1 heterocycles. The van der Waals surface area contributed by atoms with Gasteiger partial charge in [0.2, 0.25) is 0 Å². The summed E-state index contributed by atoms with van der Waals surface area (Å²) < 4.78 is 13.8. The topological polar surface area (TPSA) is 96.9 Å². The van der Waals surface area contributed by atoms with Crippen molar-refractivity contribution in [2.24, 2.45) is 11.5 Å². The minimum atomic E-state index is -0.272. The summed E-state index contributed by atoms with van der Waals surface area (Å²) in [4.78, 5) is 15.7. The molecule has 3 rings (SSSR count). The van der Waals surface area contributed by atoms with Gasteiger partial charge in [-0.15, -0.1) is 0 Å². The SMILES string of the molecule is NCCCC(N)CNC(=O)c1[nH]c2ccc(-c3ccc(F)cc3)cc2c1Br. The van der Waals surface area contributed by atoms with Gasteiger partial charge in [0, 0.05) is 23.5 Å². The number of nitrogens with two attached hydrogens (primary N) is 2. The fraction of sp³-hybridized carbons (Fsp3) is 0.250. The molecule has 0 spiro atoms. The van der Waals surface area contributed by atoms with Crippen molar-refractivity contribution in [3.63, 3.8) is 0 Å². The van der Waals surface area contributed by atoms with Crippen LogP contribution in [0.3, 0.4) is 0 Å². The summed E-state index contributed by atoms with van der Waals surface area (Å²) in [6, 6.07) is 12.0. The lowest BCUT2D eigenvalue weighted by atomic mass is 10.0. The van der Waals surface area contributed by atoms with Crippen LogP contribution in [-0.2, 0) is 0 Å². The average Bonchev–Trinajstić information content (AvgIpc) is 3.01. The van der Waals surface area contributed by atoms with Crippen LogP contribution in [-0.4, -0.2) is 30.0 Å². The van der Waals surface area contributed by atoms with Gasteiger partial charge in [0.1, 0.15) is 11.5 Å². The molecule has 0 aliphatic rings. The lowest BCUT2D eigenvalue weighted by molar-refractivity contribution is 0.0946. The average molecular weight is 433 g/mol. The second-order valence-corrected chi connectivity index (χ2v) is 7.28. The van der Waals surface area contributed by atoms with Crippen LogP contribution in [0.5, 0.6) is 0 Å². The highest BCUT2D eigenvalue weighted by Crippen LogP contribution is 2.32. The van der Waals surface area contributed by atoms with Crippen LogP contribution in [0.1, 0.15) is 23.3 Å². The van der Waals surface area contributed by atoms with E-state index in [0.29, 0.717) is 23.3 Å². The minimum absolute atomic E-state index is 0.120. The molecule has 2 aromatic carbocycles. The molecule has 5 nitrogen and oxygen atoms in total. The van der Waals surface area contributed by atoms with Crippen LogP contribution in [0.4, 0.5) is 4.39 Å². The number of benzene rings is 2. The number of nitrogens with one attached hydrogen (secondary N) is 2. The van der Waals surface area contributed by atoms with E-state index in [9.17, 15) is 9.18 Å². The van der Waals surface area contributed by atoms with Crippen molar-refractivity contribution in [3.05, 3.63) is 58.4 Å². The van der Waals surface area contributed by atoms with Crippen molar-refractivity contribution in [2.75, 3.05) is 13.1 Å². The van der Waals surface area contributed by atoms with Gasteiger partial charge in [0.05, 0.1) is 4.47 Å². The Balaban J connectivity index is 1.80. The molecule has 7 heteroatoms. The first-order valence-electron chi connectivity index (χ1n) is 8.80. The maximum atomic E-state index is 13.1. The van der Waals surface area contributed by atoms with E-state index in [0.717, 1.165) is 34.9 Å². The number of aromatic amines is 1. The summed E-state index contributed by atoms with van der Waals surface area (Å²) >= 11 is 3.52. The maximum absolute atomic E-state index is 13.1. The number of amides is 1. The zero-order valence-electron chi connectivity index (χ0n) is 14.8. The number of fused-ring (bicyclic) bond motifs is 1. The number of aromatic nitrogens is 1. The third-order valence-corrected chi connectivity index (χ3v) is 5.27. The number of carbonyl (C=O) groups excluding carboxylic acids is 1. The largest absolute Gasteiger partial charge is 0.350 e. The second-order valence-electron chi connectivity index (χ2n) is 6.48. The zero-order chi connectivity index (χ0) is 19.4. The van der Waals surface area contributed by atoms with Gasteiger partial charge in [-0.05, 0) is 70.7 Å². The lowest BCUT2D eigenvalue weighted by Crippen LogP contribution is -2.37. The van der Waals surface area contributed by atoms with Crippen molar-refractivity contribution in [3.8, 4) is 11.1 Å². The molecule has 1 atom stereocenters. The molecule has 1 amide bonds. The van der Waals surface area contributed by atoms with Gasteiger partial charge in [-0.2, -0.15) is 0 Å². The molecule has 27 heavy (non-hydrogen) atoms. The Morgan fingerprint density at radius 3 is 2.59 bits per heavy atom. The number of H-pyrrole nitrogens is 1. The Kier molecular flexibility index (Phi) is 6.26. The molecule has 1 unspecified atom stereocenters. The molecule has 6 N–H and O–H groups in total. The molecule has 0 radical (unpaired) electrons. The molecule has 142 valence electrons. The third-order valence-electron chi connectivity index (χ3n) is 4.44. The van der Waals surface area contributed by atoms with E-state index in [-0.39, 0.29) is 17.8 Å². The third kappa shape index (κ3) is 4.55. The molecule has 0 bridgehead atoms. The van der Waals surface area contributed by atoms with E-state index in [2.05, 4.69) is 26.2 Å². The van der Waals surface area contributed by atoms with Crippen LogP contribution < -0.4 is 16.8 Å². The number of carbonyl (C=O) groups is 1. The van der Waals surface area contributed by atoms with Crippen molar-refractivity contribution < 1.29 is 9.18 Å². The molecule has 0 aliphatic heterocycles. The van der Waals surface area contributed by atoms with E-state index >= 15 is 0 Å². The van der Waals surface area contributed by atoms with E-state index in [1.165, 1.54) is 12.1 Å². The van der Waals surface area contributed by atoms with Crippen molar-refractivity contribution >= 4 is 32.7 Å². The number of hydrogen-bond donors (Lipinski definition) is 4. The Hall–Kier alpha value is -2.22. The van der Waals surface area contributed by atoms with E-state index in [1.54, 1.807) is 12.1 Å². The highest BCUT2D eigenvalue weighted by atomic mass is 79.9. The van der Waals surface area contributed by atoms with Crippen LogP contribution in [0.25, 0.3) is 22.0 Å². The first kappa shape index (κ1) is 19.5. The second kappa shape index (κ2) is 8.65. The summed E-state index contributed by atoms with van der Waals surface area (Å²) in [5.74, 6) is -0.490. The predicted octanol–water partition coefficient (Wildman–Crippen LogP) is 3.53. The first-order valence-corrected chi connectivity index (χ1v) is 9.60. The zero-order valence-corrected chi connectivity index (χ0v) is 16.4. The molecule has 0 fully saturated rings. The molecule has 0 aliphatic carbocycles. The summed E-state index contributed by atoms with van der Waals surface area (Å²) in [7, 11) is 0. The molecule has 0 saturated heterocycles. The van der Waals surface area contributed by atoms with E-state index in [1.807, 2.05) is 18.2 Å². The van der Waals surface area contributed by atoms with Gasteiger partial charge < -0.3 is 21.8 Å².